The van der Waals surface area contributed by atoms with Crippen molar-refractivity contribution in [2.24, 2.45) is 0 Å². The predicted octanol–water partition coefficient (Wildman–Crippen LogP) is 11.0. The van der Waals surface area contributed by atoms with Crippen LogP contribution in [0.15, 0.2) is 136 Å². The number of aromatic nitrogens is 1. The normalized spacial score (nSPS) is 12.3. The molecule has 10 rings (SSSR count). The second-order valence-corrected chi connectivity index (χ2v) is 11.1. The maximum absolute atomic E-state index is 6.31. The minimum Gasteiger partial charge on any atom is -0.456 e. The molecule has 42 heavy (non-hydrogen) atoms. The van der Waals surface area contributed by atoms with Crippen molar-refractivity contribution in [2.75, 3.05) is 0 Å². The van der Waals surface area contributed by atoms with Gasteiger partial charge in [-0.2, -0.15) is 0 Å². The molecule has 1 aliphatic rings. The van der Waals surface area contributed by atoms with Crippen LogP contribution in [0.25, 0.3) is 99.4 Å². The van der Waals surface area contributed by atoms with Crippen molar-refractivity contribution < 1.29 is 8.83 Å². The van der Waals surface area contributed by atoms with Gasteiger partial charge in [-0.3, -0.25) is 0 Å². The Balaban J connectivity index is 1.07. The SMILES string of the molecule is c1ccc2c(c1)ccc1oc(-c3ccc(-c4ccc5c(c4)-c4cccc6c4c-5cc4oc5ccccc5c46)cc3)nc12. The highest BCUT2D eigenvalue weighted by Crippen LogP contribution is 2.51. The fourth-order valence-electron chi connectivity index (χ4n) is 6.91. The van der Waals surface area contributed by atoms with Crippen molar-refractivity contribution in [2.45, 2.75) is 0 Å². The zero-order chi connectivity index (χ0) is 27.4. The summed E-state index contributed by atoms with van der Waals surface area (Å²) in [5.74, 6) is 0.640. The van der Waals surface area contributed by atoms with Crippen LogP contribution in [0.2, 0.25) is 0 Å². The zero-order valence-corrected chi connectivity index (χ0v) is 22.4. The highest BCUT2D eigenvalue weighted by Gasteiger charge is 2.25. The van der Waals surface area contributed by atoms with E-state index in [1.165, 1.54) is 49.4 Å². The number of furan rings is 1. The first-order chi connectivity index (χ1) is 20.8. The van der Waals surface area contributed by atoms with E-state index < -0.39 is 0 Å². The summed E-state index contributed by atoms with van der Waals surface area (Å²) in [6.07, 6.45) is 0. The summed E-state index contributed by atoms with van der Waals surface area (Å²) in [4.78, 5) is 4.87. The molecule has 0 spiro atoms. The lowest BCUT2D eigenvalue weighted by molar-refractivity contribution is 0.620. The Bertz CT molecular complexity index is 2570. The van der Waals surface area contributed by atoms with E-state index >= 15 is 0 Å². The molecule has 0 atom stereocenters. The standard InChI is InChI=1S/C39H21NO2/c1-2-7-26-23(6-1)17-19-34-38(26)40-39(42-34)24-14-12-22(13-15-24)25-16-18-27-31(20-25)28-9-5-10-30-36(28)32(27)21-35-37(30)29-8-3-4-11-33(29)41-35/h1-21H. The van der Waals surface area contributed by atoms with Crippen LogP contribution in [0.5, 0.6) is 0 Å². The van der Waals surface area contributed by atoms with E-state index in [-0.39, 0.29) is 0 Å². The van der Waals surface area contributed by atoms with Gasteiger partial charge in [0.25, 0.3) is 0 Å². The Morgan fingerprint density at radius 1 is 0.405 bits per heavy atom. The number of benzene rings is 7. The van der Waals surface area contributed by atoms with Crippen LogP contribution in [0.1, 0.15) is 0 Å². The lowest BCUT2D eigenvalue weighted by atomic mass is 9.97. The summed E-state index contributed by atoms with van der Waals surface area (Å²) in [6.45, 7) is 0. The van der Waals surface area contributed by atoms with Gasteiger partial charge in [-0.1, -0.05) is 91.0 Å². The van der Waals surface area contributed by atoms with Crippen molar-refractivity contribution in [1.29, 1.82) is 0 Å². The fourth-order valence-corrected chi connectivity index (χ4v) is 6.91. The number of hydrogen-bond donors (Lipinski definition) is 0. The van der Waals surface area contributed by atoms with Gasteiger partial charge in [-0.25, -0.2) is 4.98 Å². The van der Waals surface area contributed by atoms with Gasteiger partial charge in [0.05, 0.1) is 0 Å². The number of rotatable bonds is 2. The molecule has 0 saturated carbocycles. The van der Waals surface area contributed by atoms with Crippen LogP contribution >= 0.6 is 0 Å². The number of para-hydroxylation sites is 1. The smallest absolute Gasteiger partial charge is 0.227 e. The third kappa shape index (κ3) is 2.92. The second-order valence-electron chi connectivity index (χ2n) is 11.1. The van der Waals surface area contributed by atoms with Crippen LogP contribution in [0, 0.1) is 0 Å². The van der Waals surface area contributed by atoms with E-state index in [0.29, 0.717) is 5.89 Å². The van der Waals surface area contributed by atoms with Gasteiger partial charge in [-0.05, 0) is 85.9 Å². The summed E-state index contributed by atoms with van der Waals surface area (Å²) in [7, 11) is 0. The van der Waals surface area contributed by atoms with Crippen LogP contribution in [-0.4, -0.2) is 4.98 Å². The molecular weight excluding hydrogens is 514 g/mol. The topological polar surface area (TPSA) is 39.2 Å². The largest absolute Gasteiger partial charge is 0.456 e. The molecule has 194 valence electrons. The van der Waals surface area contributed by atoms with Crippen LogP contribution in [0.3, 0.4) is 0 Å². The monoisotopic (exact) mass is 535 g/mol. The molecular formula is C39H21NO2. The quantitative estimate of drug-likeness (QED) is 0.221. The van der Waals surface area contributed by atoms with Gasteiger partial charge < -0.3 is 8.83 Å². The van der Waals surface area contributed by atoms with Gasteiger partial charge in [0.1, 0.15) is 16.7 Å². The molecule has 3 heteroatoms. The minimum absolute atomic E-state index is 0.640. The Labute approximate surface area is 240 Å². The van der Waals surface area contributed by atoms with E-state index in [1.54, 1.807) is 0 Å². The fraction of sp³-hybridized carbons (Fsp3) is 0. The summed E-state index contributed by atoms with van der Waals surface area (Å²) >= 11 is 0. The van der Waals surface area contributed by atoms with Crippen molar-refractivity contribution >= 4 is 54.6 Å². The maximum atomic E-state index is 6.31. The van der Waals surface area contributed by atoms with E-state index in [0.717, 1.165) is 44.2 Å². The Morgan fingerprint density at radius 2 is 1.19 bits per heavy atom. The molecule has 0 radical (unpaired) electrons. The Kier molecular flexibility index (Phi) is 4.18. The molecule has 2 heterocycles. The maximum Gasteiger partial charge on any atom is 0.227 e. The molecule has 0 fully saturated rings. The first-order valence-electron chi connectivity index (χ1n) is 14.2. The molecule has 1 aliphatic carbocycles. The lowest BCUT2D eigenvalue weighted by Gasteiger charge is -2.07. The molecule has 0 N–H and O–H groups in total. The van der Waals surface area contributed by atoms with Crippen molar-refractivity contribution in [3.8, 4) is 44.8 Å². The molecule has 3 nitrogen and oxygen atoms in total. The number of oxazole rings is 1. The van der Waals surface area contributed by atoms with E-state index in [1.807, 2.05) is 30.3 Å². The predicted molar refractivity (Wildman–Crippen MR) is 172 cm³/mol. The van der Waals surface area contributed by atoms with Crippen LogP contribution < -0.4 is 0 Å². The number of fused-ring (bicyclic) bond motifs is 10. The Morgan fingerprint density at radius 3 is 2.12 bits per heavy atom. The van der Waals surface area contributed by atoms with Gasteiger partial charge in [0.2, 0.25) is 5.89 Å². The lowest BCUT2D eigenvalue weighted by Crippen LogP contribution is -1.83. The molecule has 0 bridgehead atoms. The summed E-state index contributed by atoms with van der Waals surface area (Å²) in [5.41, 5.74) is 11.9. The first-order valence-corrected chi connectivity index (χ1v) is 14.2. The number of nitrogens with zero attached hydrogens (tertiary/aromatic N) is 1. The highest BCUT2D eigenvalue weighted by molar-refractivity contribution is 6.28. The average Bonchev–Trinajstić information content (AvgIpc) is 3.74. The van der Waals surface area contributed by atoms with Gasteiger partial charge in [0, 0.05) is 21.7 Å². The van der Waals surface area contributed by atoms with Crippen molar-refractivity contribution in [1.82, 2.24) is 4.98 Å². The third-order valence-electron chi connectivity index (χ3n) is 8.85. The molecule has 0 unspecified atom stereocenters. The summed E-state index contributed by atoms with van der Waals surface area (Å²) in [6, 6.07) is 44.9. The van der Waals surface area contributed by atoms with Crippen LogP contribution in [-0.2, 0) is 0 Å². The third-order valence-corrected chi connectivity index (χ3v) is 8.85. The molecule has 7 aromatic carbocycles. The van der Waals surface area contributed by atoms with Crippen LogP contribution in [0.4, 0.5) is 0 Å². The second kappa shape index (κ2) is 7.96. The highest BCUT2D eigenvalue weighted by atomic mass is 16.3. The van der Waals surface area contributed by atoms with Crippen molar-refractivity contribution in [3.05, 3.63) is 127 Å². The van der Waals surface area contributed by atoms with Gasteiger partial charge >= 0.3 is 0 Å². The van der Waals surface area contributed by atoms with E-state index in [4.69, 9.17) is 13.8 Å². The van der Waals surface area contributed by atoms with Crippen molar-refractivity contribution in [3.63, 3.8) is 0 Å². The summed E-state index contributed by atoms with van der Waals surface area (Å²) < 4.78 is 12.5. The first kappa shape index (κ1) is 22.1. The molecule has 9 aromatic rings. The zero-order valence-electron chi connectivity index (χ0n) is 22.4. The van der Waals surface area contributed by atoms with Gasteiger partial charge in [-0.15, -0.1) is 0 Å². The molecule has 0 saturated heterocycles. The Hall–Kier alpha value is -5.67. The molecule has 0 amide bonds. The minimum atomic E-state index is 0.640. The average molecular weight is 536 g/mol. The molecule has 0 aliphatic heterocycles. The number of hydrogen-bond acceptors (Lipinski definition) is 3. The van der Waals surface area contributed by atoms with E-state index in [2.05, 4.69) is 97.1 Å². The van der Waals surface area contributed by atoms with E-state index in [9.17, 15) is 0 Å². The van der Waals surface area contributed by atoms with Gasteiger partial charge in [0.15, 0.2) is 5.58 Å². The summed E-state index contributed by atoms with van der Waals surface area (Å²) in [5, 5.41) is 7.19. The molecule has 2 aromatic heterocycles.